The van der Waals surface area contributed by atoms with Crippen molar-refractivity contribution in [2.75, 3.05) is 17.7 Å². The van der Waals surface area contributed by atoms with Crippen LogP contribution in [0.3, 0.4) is 0 Å². The number of nitro groups is 1. The Morgan fingerprint density at radius 1 is 0.860 bits per heavy atom. The Balaban J connectivity index is 1.48. The number of hydrogen-bond acceptors (Lipinski definition) is 7. The number of hydrogen-bond donors (Lipinski definition) is 3. The number of thioether (sulfide) groups is 1. The Morgan fingerprint density at radius 2 is 1.56 bits per heavy atom. The van der Waals surface area contributed by atoms with E-state index < -0.39 is 22.0 Å². The zero-order chi connectivity index (χ0) is 30.8. The molecule has 4 aromatic carbocycles. The second kappa shape index (κ2) is 14.5. The number of nitrogens with one attached hydrogen (secondary N) is 3. The van der Waals surface area contributed by atoms with Crippen LogP contribution in [-0.4, -0.2) is 35.0 Å². The molecule has 0 spiro atoms. The fraction of sp³-hybridized carbons (Fsp3) is 0.0938. The number of amides is 3. The van der Waals surface area contributed by atoms with Gasteiger partial charge in [-0.1, -0.05) is 24.3 Å². The zero-order valence-electron chi connectivity index (χ0n) is 23.3. The van der Waals surface area contributed by atoms with Gasteiger partial charge >= 0.3 is 0 Å². The minimum absolute atomic E-state index is 0.0620. The van der Waals surface area contributed by atoms with E-state index in [-0.39, 0.29) is 17.3 Å². The van der Waals surface area contributed by atoms with Crippen molar-refractivity contribution in [2.45, 2.75) is 17.1 Å². The first-order valence-corrected chi connectivity index (χ1v) is 14.0. The Bertz CT molecular complexity index is 1640. The summed E-state index contributed by atoms with van der Waals surface area (Å²) in [7, 11) is 1.57. The number of methoxy groups -OCH3 is 1. The Labute approximate surface area is 252 Å². The second-order valence-electron chi connectivity index (χ2n) is 9.19. The summed E-state index contributed by atoms with van der Waals surface area (Å²) >= 11 is 1.32. The van der Waals surface area contributed by atoms with E-state index in [4.69, 9.17) is 4.74 Å². The summed E-state index contributed by atoms with van der Waals surface area (Å²) in [4.78, 5) is 50.2. The number of carbonyl (C=O) groups is 3. The number of nitrogens with zero attached hydrogens (tertiary/aromatic N) is 1. The highest BCUT2D eigenvalue weighted by atomic mass is 32.2. The monoisotopic (exact) mass is 596 g/mol. The number of non-ortho nitro benzene ring substituents is 1. The molecule has 0 bridgehead atoms. The molecule has 4 aromatic rings. The number of rotatable bonds is 11. The van der Waals surface area contributed by atoms with Crippen LogP contribution in [0, 0.1) is 10.1 Å². The molecule has 0 aromatic heterocycles. The quantitative estimate of drug-likeness (QED) is 0.0819. The van der Waals surface area contributed by atoms with Crippen molar-refractivity contribution in [3.05, 3.63) is 130 Å². The standard InChI is InChI=1S/C32H28N4O6S/c1-21(30(37)33-24-13-17-27(42-2)18-14-24)43-28-10-6-9-25(20-28)34-32(39)29(35-31(38)23-7-4-3-5-8-23)19-22-11-15-26(16-12-22)36(40)41/h3-21H,1-2H3,(H,33,37)(H,34,39)(H,35,38)/b29-19+. The third-order valence-electron chi connectivity index (χ3n) is 6.08. The van der Waals surface area contributed by atoms with Gasteiger partial charge in [-0.15, -0.1) is 11.8 Å². The lowest BCUT2D eigenvalue weighted by molar-refractivity contribution is -0.384. The zero-order valence-corrected chi connectivity index (χ0v) is 24.1. The highest BCUT2D eigenvalue weighted by Gasteiger charge is 2.18. The van der Waals surface area contributed by atoms with Crippen molar-refractivity contribution in [3.63, 3.8) is 0 Å². The minimum atomic E-state index is -0.602. The van der Waals surface area contributed by atoms with E-state index in [2.05, 4.69) is 16.0 Å². The molecular formula is C32H28N4O6S. The Kier molecular flexibility index (Phi) is 10.3. The summed E-state index contributed by atoms with van der Waals surface area (Å²) in [5, 5.41) is 18.9. The van der Waals surface area contributed by atoms with Crippen LogP contribution in [0.2, 0.25) is 0 Å². The van der Waals surface area contributed by atoms with Crippen molar-refractivity contribution >= 4 is 52.6 Å². The van der Waals surface area contributed by atoms with E-state index in [0.29, 0.717) is 28.3 Å². The highest BCUT2D eigenvalue weighted by molar-refractivity contribution is 8.00. The average Bonchev–Trinajstić information content (AvgIpc) is 3.01. The summed E-state index contributed by atoms with van der Waals surface area (Å²) in [6, 6.07) is 28.0. The van der Waals surface area contributed by atoms with E-state index in [1.165, 1.54) is 42.1 Å². The van der Waals surface area contributed by atoms with Gasteiger partial charge in [0.05, 0.1) is 17.3 Å². The molecule has 0 heterocycles. The maximum Gasteiger partial charge on any atom is 0.272 e. The molecule has 3 N–H and O–H groups in total. The van der Waals surface area contributed by atoms with Crippen molar-refractivity contribution < 1.29 is 24.0 Å². The van der Waals surface area contributed by atoms with E-state index in [1.807, 2.05) is 6.07 Å². The van der Waals surface area contributed by atoms with E-state index in [9.17, 15) is 24.5 Å². The van der Waals surface area contributed by atoms with Gasteiger partial charge in [0.2, 0.25) is 5.91 Å². The van der Waals surface area contributed by atoms with Crippen LogP contribution in [0.25, 0.3) is 6.08 Å². The molecular weight excluding hydrogens is 568 g/mol. The van der Waals surface area contributed by atoms with Crippen molar-refractivity contribution in [1.82, 2.24) is 5.32 Å². The number of ether oxygens (including phenoxy) is 1. The molecule has 0 aliphatic carbocycles. The summed E-state index contributed by atoms with van der Waals surface area (Å²) in [6.07, 6.45) is 1.43. The smallest absolute Gasteiger partial charge is 0.272 e. The molecule has 43 heavy (non-hydrogen) atoms. The third-order valence-corrected chi connectivity index (χ3v) is 7.17. The van der Waals surface area contributed by atoms with Gasteiger partial charge in [0.25, 0.3) is 17.5 Å². The molecule has 3 amide bonds. The fourth-order valence-corrected chi connectivity index (χ4v) is 4.75. The number of nitro benzene ring substituents is 1. The second-order valence-corrected chi connectivity index (χ2v) is 10.6. The topological polar surface area (TPSA) is 140 Å². The van der Waals surface area contributed by atoms with Crippen LogP contribution >= 0.6 is 11.8 Å². The normalized spacial score (nSPS) is 11.6. The van der Waals surface area contributed by atoms with Gasteiger partial charge in [-0.05, 0) is 85.3 Å². The molecule has 4 rings (SSSR count). The van der Waals surface area contributed by atoms with Crippen LogP contribution < -0.4 is 20.7 Å². The SMILES string of the molecule is COc1ccc(NC(=O)C(C)Sc2cccc(NC(=O)/C(=C\c3ccc([N+](=O)[O-])cc3)NC(=O)c3ccccc3)c2)cc1. The van der Waals surface area contributed by atoms with Crippen LogP contribution in [-0.2, 0) is 9.59 Å². The predicted octanol–water partition coefficient (Wildman–Crippen LogP) is 6.13. The maximum atomic E-state index is 13.4. The number of benzene rings is 4. The van der Waals surface area contributed by atoms with E-state index >= 15 is 0 Å². The largest absolute Gasteiger partial charge is 0.497 e. The lowest BCUT2D eigenvalue weighted by atomic mass is 10.1. The summed E-state index contributed by atoms with van der Waals surface area (Å²) in [5.41, 5.74) is 1.76. The number of anilines is 2. The van der Waals surface area contributed by atoms with Gasteiger partial charge in [-0.25, -0.2) is 0 Å². The molecule has 1 unspecified atom stereocenters. The summed E-state index contributed by atoms with van der Waals surface area (Å²) < 4.78 is 5.14. The van der Waals surface area contributed by atoms with Crippen molar-refractivity contribution in [2.24, 2.45) is 0 Å². The van der Waals surface area contributed by atoms with Crippen molar-refractivity contribution in [3.8, 4) is 5.75 Å². The molecule has 11 heteroatoms. The lowest BCUT2D eigenvalue weighted by Gasteiger charge is -2.14. The van der Waals surface area contributed by atoms with E-state index in [1.54, 1.807) is 86.8 Å². The van der Waals surface area contributed by atoms with Crippen LogP contribution in [0.15, 0.2) is 114 Å². The van der Waals surface area contributed by atoms with Gasteiger partial charge in [0.15, 0.2) is 0 Å². The van der Waals surface area contributed by atoms with E-state index in [0.717, 1.165) is 4.90 Å². The molecule has 0 aliphatic rings. The molecule has 218 valence electrons. The molecule has 10 nitrogen and oxygen atoms in total. The molecule has 0 radical (unpaired) electrons. The van der Waals surface area contributed by atoms with Crippen LogP contribution in [0.1, 0.15) is 22.8 Å². The Hall–Kier alpha value is -5.42. The molecule has 0 saturated heterocycles. The summed E-state index contributed by atoms with van der Waals surface area (Å²) in [6.45, 7) is 1.78. The van der Waals surface area contributed by atoms with Crippen molar-refractivity contribution in [1.29, 1.82) is 0 Å². The third kappa shape index (κ3) is 8.78. The van der Waals surface area contributed by atoms with Gasteiger partial charge < -0.3 is 20.7 Å². The first kappa shape index (κ1) is 30.5. The lowest BCUT2D eigenvalue weighted by Crippen LogP contribution is -2.30. The predicted molar refractivity (Wildman–Crippen MR) is 167 cm³/mol. The van der Waals surface area contributed by atoms with Gasteiger partial charge in [0.1, 0.15) is 11.4 Å². The highest BCUT2D eigenvalue weighted by Crippen LogP contribution is 2.27. The summed E-state index contributed by atoms with van der Waals surface area (Å²) in [5.74, 6) is -0.605. The minimum Gasteiger partial charge on any atom is -0.497 e. The molecule has 1 atom stereocenters. The first-order chi connectivity index (χ1) is 20.7. The molecule has 0 saturated carbocycles. The fourth-order valence-electron chi connectivity index (χ4n) is 3.82. The first-order valence-electron chi connectivity index (χ1n) is 13.1. The van der Waals surface area contributed by atoms with Crippen LogP contribution in [0.4, 0.5) is 17.1 Å². The van der Waals surface area contributed by atoms with Crippen LogP contribution in [0.5, 0.6) is 5.75 Å². The maximum absolute atomic E-state index is 13.4. The molecule has 0 aliphatic heterocycles. The molecule has 0 fully saturated rings. The van der Waals surface area contributed by atoms with Gasteiger partial charge in [-0.3, -0.25) is 24.5 Å². The Morgan fingerprint density at radius 3 is 2.21 bits per heavy atom. The number of carbonyl (C=O) groups excluding carboxylic acids is 3. The van der Waals surface area contributed by atoms with Gasteiger partial charge in [-0.2, -0.15) is 0 Å². The average molecular weight is 597 g/mol. The van der Waals surface area contributed by atoms with Gasteiger partial charge in [0, 0.05) is 34.0 Å².